The number of fused-ring (bicyclic) bond motifs is 1. The molecule has 0 saturated carbocycles. The van der Waals surface area contributed by atoms with Gasteiger partial charge in [-0.3, -0.25) is 0 Å². The van der Waals surface area contributed by atoms with Crippen molar-refractivity contribution >= 4 is 32.8 Å². The summed E-state index contributed by atoms with van der Waals surface area (Å²) in [5, 5.41) is 1.12. The fourth-order valence-electron chi connectivity index (χ4n) is 2.11. The number of methoxy groups -OCH3 is 1. The molecule has 0 amide bonds. The van der Waals surface area contributed by atoms with Crippen LogP contribution in [0, 0.1) is 6.92 Å². The average molecular weight is 296 g/mol. The average Bonchev–Trinajstić information content (AvgIpc) is 2.77. The van der Waals surface area contributed by atoms with Crippen LogP contribution in [0.25, 0.3) is 10.9 Å². The molecule has 0 N–H and O–H groups in total. The number of hydrogen-bond donors (Lipinski definition) is 0. The van der Waals surface area contributed by atoms with Gasteiger partial charge in [-0.05, 0) is 31.5 Å². The maximum absolute atomic E-state index is 11.7. The van der Waals surface area contributed by atoms with Gasteiger partial charge < -0.3 is 9.30 Å². The molecule has 0 radical (unpaired) electrons. The number of carbonyl (C=O) groups is 1. The lowest BCUT2D eigenvalue weighted by molar-refractivity contribution is 0.0600. The van der Waals surface area contributed by atoms with Crippen LogP contribution >= 0.6 is 15.9 Å². The fourth-order valence-corrected chi connectivity index (χ4v) is 2.66. The largest absolute Gasteiger partial charge is 0.465 e. The molecule has 0 spiro atoms. The van der Waals surface area contributed by atoms with E-state index in [4.69, 9.17) is 4.74 Å². The SMILES string of the molecule is CCn1ccc2c(Br)cc(C(=O)OC)c(C)c21. The third-order valence-corrected chi connectivity index (χ3v) is 3.65. The molecule has 1 aromatic heterocycles. The first-order chi connectivity index (χ1) is 8.10. The van der Waals surface area contributed by atoms with Gasteiger partial charge >= 0.3 is 5.97 Å². The Morgan fingerprint density at radius 1 is 1.53 bits per heavy atom. The van der Waals surface area contributed by atoms with Crippen LogP contribution in [0.4, 0.5) is 0 Å². The molecular weight excluding hydrogens is 282 g/mol. The van der Waals surface area contributed by atoms with Gasteiger partial charge in [0.1, 0.15) is 0 Å². The van der Waals surface area contributed by atoms with E-state index >= 15 is 0 Å². The van der Waals surface area contributed by atoms with E-state index in [1.54, 1.807) is 0 Å². The fraction of sp³-hybridized carbons (Fsp3) is 0.308. The summed E-state index contributed by atoms with van der Waals surface area (Å²) in [5.41, 5.74) is 2.66. The Kier molecular flexibility index (Phi) is 3.24. The Labute approximate surface area is 108 Å². The molecule has 0 aliphatic rings. The second-order valence-corrected chi connectivity index (χ2v) is 4.74. The molecule has 0 aliphatic carbocycles. The third kappa shape index (κ3) is 1.86. The highest BCUT2D eigenvalue weighted by Crippen LogP contribution is 2.31. The predicted octanol–water partition coefficient (Wildman–Crippen LogP) is 3.52. The number of ether oxygens (including phenoxy) is 1. The molecule has 0 fully saturated rings. The molecular formula is C13H14BrNO2. The second kappa shape index (κ2) is 4.53. The Balaban J connectivity index is 2.81. The Hall–Kier alpha value is -1.29. The number of esters is 1. The summed E-state index contributed by atoms with van der Waals surface area (Å²) in [7, 11) is 1.40. The summed E-state index contributed by atoms with van der Waals surface area (Å²) in [6.07, 6.45) is 2.03. The maximum Gasteiger partial charge on any atom is 0.338 e. The smallest absolute Gasteiger partial charge is 0.338 e. The summed E-state index contributed by atoms with van der Waals surface area (Å²) in [5.74, 6) is -0.297. The summed E-state index contributed by atoms with van der Waals surface area (Å²) in [6, 6.07) is 3.88. The summed E-state index contributed by atoms with van der Waals surface area (Å²) >= 11 is 3.50. The minimum atomic E-state index is -0.297. The van der Waals surface area contributed by atoms with Gasteiger partial charge in [-0.25, -0.2) is 4.79 Å². The van der Waals surface area contributed by atoms with Crippen molar-refractivity contribution in [1.82, 2.24) is 4.57 Å². The first kappa shape index (κ1) is 12.2. The number of hydrogen-bond acceptors (Lipinski definition) is 2. The van der Waals surface area contributed by atoms with E-state index in [0.717, 1.165) is 27.5 Å². The van der Waals surface area contributed by atoms with E-state index in [1.807, 2.05) is 19.2 Å². The maximum atomic E-state index is 11.7. The highest BCUT2D eigenvalue weighted by molar-refractivity contribution is 9.10. The minimum Gasteiger partial charge on any atom is -0.465 e. The number of carbonyl (C=O) groups excluding carboxylic acids is 1. The van der Waals surface area contributed by atoms with Crippen LogP contribution in [0.2, 0.25) is 0 Å². The van der Waals surface area contributed by atoms with Crippen LogP contribution < -0.4 is 0 Å². The van der Waals surface area contributed by atoms with Crippen molar-refractivity contribution in [2.75, 3.05) is 7.11 Å². The molecule has 2 rings (SSSR count). The monoisotopic (exact) mass is 295 g/mol. The van der Waals surface area contributed by atoms with Gasteiger partial charge in [-0.2, -0.15) is 0 Å². The normalized spacial score (nSPS) is 10.8. The summed E-state index contributed by atoms with van der Waals surface area (Å²) in [4.78, 5) is 11.7. The standard InChI is InChI=1S/C13H14BrNO2/c1-4-15-6-5-9-11(14)7-10(13(16)17-3)8(2)12(9)15/h5-7H,4H2,1-3H3. The number of benzene rings is 1. The second-order valence-electron chi connectivity index (χ2n) is 3.89. The lowest BCUT2D eigenvalue weighted by atomic mass is 10.1. The van der Waals surface area contributed by atoms with Crippen LogP contribution in [0.1, 0.15) is 22.8 Å². The van der Waals surface area contributed by atoms with E-state index in [0.29, 0.717) is 5.56 Å². The zero-order valence-electron chi connectivity index (χ0n) is 10.1. The van der Waals surface area contributed by atoms with Gasteiger partial charge in [0.2, 0.25) is 0 Å². The molecule has 0 aliphatic heterocycles. The Morgan fingerprint density at radius 3 is 2.82 bits per heavy atom. The molecule has 4 heteroatoms. The van der Waals surface area contributed by atoms with Crippen molar-refractivity contribution in [3.63, 3.8) is 0 Å². The quantitative estimate of drug-likeness (QED) is 0.794. The molecule has 0 saturated heterocycles. The highest BCUT2D eigenvalue weighted by atomic mass is 79.9. The van der Waals surface area contributed by atoms with Gasteiger partial charge in [0.05, 0.1) is 18.2 Å². The first-order valence-corrected chi connectivity index (χ1v) is 6.25. The van der Waals surface area contributed by atoms with Crippen molar-refractivity contribution in [3.8, 4) is 0 Å². The summed E-state index contributed by atoms with van der Waals surface area (Å²) in [6.45, 7) is 4.91. The van der Waals surface area contributed by atoms with E-state index in [1.165, 1.54) is 7.11 Å². The Morgan fingerprint density at radius 2 is 2.24 bits per heavy atom. The molecule has 3 nitrogen and oxygen atoms in total. The molecule has 0 bridgehead atoms. The molecule has 17 heavy (non-hydrogen) atoms. The molecule has 90 valence electrons. The van der Waals surface area contributed by atoms with Crippen molar-refractivity contribution in [2.45, 2.75) is 20.4 Å². The van der Waals surface area contributed by atoms with Gasteiger partial charge in [-0.1, -0.05) is 15.9 Å². The number of nitrogens with zero attached hydrogens (tertiary/aromatic N) is 1. The van der Waals surface area contributed by atoms with Gasteiger partial charge in [0.25, 0.3) is 0 Å². The number of aryl methyl sites for hydroxylation is 2. The van der Waals surface area contributed by atoms with E-state index < -0.39 is 0 Å². The minimum absolute atomic E-state index is 0.297. The molecule has 0 unspecified atom stereocenters. The van der Waals surface area contributed by atoms with E-state index in [2.05, 4.69) is 33.5 Å². The van der Waals surface area contributed by atoms with Crippen LogP contribution in [0.15, 0.2) is 22.8 Å². The van der Waals surface area contributed by atoms with Gasteiger partial charge in [0, 0.05) is 22.6 Å². The predicted molar refractivity (Wildman–Crippen MR) is 71.4 cm³/mol. The summed E-state index contributed by atoms with van der Waals surface area (Å²) < 4.78 is 7.85. The van der Waals surface area contributed by atoms with Crippen molar-refractivity contribution in [2.24, 2.45) is 0 Å². The molecule has 2 aromatic rings. The number of halogens is 1. The lowest BCUT2D eigenvalue weighted by Gasteiger charge is -2.10. The van der Waals surface area contributed by atoms with Crippen LogP contribution in [-0.4, -0.2) is 17.6 Å². The lowest BCUT2D eigenvalue weighted by Crippen LogP contribution is -2.05. The van der Waals surface area contributed by atoms with E-state index in [9.17, 15) is 4.79 Å². The number of rotatable bonds is 2. The van der Waals surface area contributed by atoms with Crippen molar-refractivity contribution in [3.05, 3.63) is 33.9 Å². The van der Waals surface area contributed by atoms with E-state index in [-0.39, 0.29) is 5.97 Å². The zero-order valence-corrected chi connectivity index (χ0v) is 11.7. The van der Waals surface area contributed by atoms with Crippen LogP contribution in [-0.2, 0) is 11.3 Å². The van der Waals surface area contributed by atoms with Crippen LogP contribution in [0.5, 0.6) is 0 Å². The molecule has 1 heterocycles. The molecule has 0 atom stereocenters. The van der Waals surface area contributed by atoms with Crippen molar-refractivity contribution < 1.29 is 9.53 Å². The topological polar surface area (TPSA) is 31.2 Å². The first-order valence-electron chi connectivity index (χ1n) is 5.46. The molecule has 1 aromatic carbocycles. The zero-order chi connectivity index (χ0) is 12.6. The number of aromatic nitrogens is 1. The van der Waals surface area contributed by atoms with Crippen molar-refractivity contribution in [1.29, 1.82) is 0 Å². The van der Waals surface area contributed by atoms with Crippen LogP contribution in [0.3, 0.4) is 0 Å². The third-order valence-electron chi connectivity index (χ3n) is 3.00. The van der Waals surface area contributed by atoms with Gasteiger partial charge in [0.15, 0.2) is 0 Å². The van der Waals surface area contributed by atoms with Gasteiger partial charge in [-0.15, -0.1) is 0 Å². The highest BCUT2D eigenvalue weighted by Gasteiger charge is 2.16. The Bertz CT molecular complexity index is 587.